The summed E-state index contributed by atoms with van der Waals surface area (Å²) in [5.41, 5.74) is 1.34. The van der Waals surface area contributed by atoms with Crippen molar-refractivity contribution in [2.24, 2.45) is 11.8 Å². The van der Waals surface area contributed by atoms with Gasteiger partial charge in [0.2, 0.25) is 0 Å². The Morgan fingerprint density at radius 3 is 2.50 bits per heavy atom. The summed E-state index contributed by atoms with van der Waals surface area (Å²) in [6.07, 6.45) is 5.47. The average molecular weight is 167 g/mol. The predicted molar refractivity (Wildman–Crippen MR) is 54.2 cm³/mol. The van der Waals surface area contributed by atoms with Crippen LogP contribution in [-0.4, -0.2) is 13.6 Å². The zero-order valence-electron chi connectivity index (χ0n) is 8.40. The molecule has 0 radical (unpaired) electrons. The molecule has 1 aliphatic carbocycles. The van der Waals surface area contributed by atoms with E-state index in [2.05, 4.69) is 18.8 Å². The lowest BCUT2D eigenvalue weighted by Gasteiger charge is -2.36. The molecule has 0 aromatic heterocycles. The van der Waals surface area contributed by atoms with Gasteiger partial charge in [-0.15, -0.1) is 6.58 Å². The Hall–Kier alpha value is -0.300. The van der Waals surface area contributed by atoms with Gasteiger partial charge in [-0.1, -0.05) is 5.57 Å². The minimum Gasteiger partial charge on any atom is -0.319 e. The summed E-state index contributed by atoms with van der Waals surface area (Å²) in [4.78, 5) is 0. The fraction of sp³-hybridized carbons (Fsp3) is 0.818. The maximum Gasteiger partial charge on any atom is -0.00209 e. The summed E-state index contributed by atoms with van der Waals surface area (Å²) >= 11 is 0. The second-order valence-corrected chi connectivity index (χ2v) is 4.15. The molecule has 2 atom stereocenters. The van der Waals surface area contributed by atoms with Crippen molar-refractivity contribution in [3.05, 3.63) is 12.2 Å². The Bertz CT molecular complexity index is 151. The van der Waals surface area contributed by atoms with Crippen molar-refractivity contribution in [3.8, 4) is 0 Å². The second-order valence-electron chi connectivity index (χ2n) is 4.15. The molecule has 0 heterocycles. The number of hydrogen-bond acceptors (Lipinski definition) is 1. The van der Waals surface area contributed by atoms with E-state index in [-0.39, 0.29) is 0 Å². The first-order chi connectivity index (χ1) is 5.74. The van der Waals surface area contributed by atoms with Gasteiger partial charge in [0, 0.05) is 0 Å². The fourth-order valence-corrected chi connectivity index (χ4v) is 1.98. The van der Waals surface area contributed by atoms with Crippen LogP contribution in [-0.2, 0) is 0 Å². The van der Waals surface area contributed by atoms with E-state index in [9.17, 15) is 0 Å². The summed E-state index contributed by atoms with van der Waals surface area (Å²) < 4.78 is 0. The molecule has 1 aliphatic rings. The van der Waals surface area contributed by atoms with Gasteiger partial charge in [0.05, 0.1) is 0 Å². The van der Waals surface area contributed by atoms with Crippen molar-refractivity contribution in [1.82, 2.24) is 5.32 Å². The standard InChI is InChI=1S/C11H21N/c1-9(2)4-5-10-6-7-11(10)8-12-3/h10-12H,1,4-8H2,2-3H3. The van der Waals surface area contributed by atoms with Gasteiger partial charge in [-0.05, 0) is 58.0 Å². The highest BCUT2D eigenvalue weighted by atomic mass is 14.8. The lowest BCUT2D eigenvalue weighted by atomic mass is 9.71. The fourth-order valence-electron chi connectivity index (χ4n) is 1.98. The highest BCUT2D eigenvalue weighted by Gasteiger charge is 2.29. The van der Waals surface area contributed by atoms with Gasteiger partial charge >= 0.3 is 0 Å². The van der Waals surface area contributed by atoms with Crippen LogP contribution in [0.15, 0.2) is 12.2 Å². The smallest absolute Gasteiger partial charge is 0.00209 e. The minimum atomic E-state index is 0.953. The van der Waals surface area contributed by atoms with Crippen molar-refractivity contribution in [2.45, 2.75) is 32.6 Å². The molecule has 1 saturated carbocycles. The Kier molecular flexibility index (Phi) is 3.80. The van der Waals surface area contributed by atoms with E-state index < -0.39 is 0 Å². The van der Waals surface area contributed by atoms with Gasteiger partial charge < -0.3 is 5.32 Å². The molecule has 0 saturated heterocycles. The Morgan fingerprint density at radius 2 is 2.08 bits per heavy atom. The molecular weight excluding hydrogens is 146 g/mol. The van der Waals surface area contributed by atoms with Crippen molar-refractivity contribution < 1.29 is 0 Å². The van der Waals surface area contributed by atoms with Gasteiger partial charge in [0.15, 0.2) is 0 Å². The number of nitrogens with one attached hydrogen (secondary N) is 1. The first-order valence-electron chi connectivity index (χ1n) is 5.03. The Morgan fingerprint density at radius 1 is 1.42 bits per heavy atom. The van der Waals surface area contributed by atoms with Crippen LogP contribution in [0.4, 0.5) is 0 Å². The number of rotatable bonds is 5. The van der Waals surface area contributed by atoms with Crippen molar-refractivity contribution in [3.63, 3.8) is 0 Å². The molecule has 1 nitrogen and oxygen atoms in total. The predicted octanol–water partition coefficient (Wildman–Crippen LogP) is 2.59. The third-order valence-electron chi connectivity index (χ3n) is 2.98. The zero-order chi connectivity index (χ0) is 8.97. The Labute approximate surface area is 76.2 Å². The molecule has 0 aromatic rings. The molecule has 0 spiro atoms. The SMILES string of the molecule is C=C(C)CCC1CCC1CNC. The first kappa shape index (κ1) is 9.79. The molecule has 1 fully saturated rings. The maximum absolute atomic E-state index is 3.94. The molecule has 1 N–H and O–H groups in total. The molecule has 0 aliphatic heterocycles. The van der Waals surface area contributed by atoms with Gasteiger partial charge in [-0.2, -0.15) is 0 Å². The van der Waals surface area contributed by atoms with Crippen LogP contribution in [0.25, 0.3) is 0 Å². The third kappa shape index (κ3) is 2.63. The monoisotopic (exact) mass is 167 g/mol. The first-order valence-corrected chi connectivity index (χ1v) is 5.03. The second kappa shape index (κ2) is 4.66. The molecule has 0 amide bonds. The summed E-state index contributed by atoms with van der Waals surface area (Å²) in [6, 6.07) is 0. The summed E-state index contributed by atoms with van der Waals surface area (Å²) in [5, 5.41) is 3.26. The van der Waals surface area contributed by atoms with Crippen LogP contribution >= 0.6 is 0 Å². The Balaban J connectivity index is 2.12. The van der Waals surface area contributed by atoms with Crippen molar-refractivity contribution in [2.75, 3.05) is 13.6 Å². The van der Waals surface area contributed by atoms with E-state index in [0.29, 0.717) is 0 Å². The highest BCUT2D eigenvalue weighted by Crippen LogP contribution is 2.37. The third-order valence-corrected chi connectivity index (χ3v) is 2.98. The average Bonchev–Trinajstić information content (AvgIpc) is 1.98. The summed E-state index contributed by atoms with van der Waals surface area (Å²) in [5.74, 6) is 1.93. The van der Waals surface area contributed by atoms with Crippen LogP contribution in [0, 0.1) is 11.8 Å². The van der Waals surface area contributed by atoms with E-state index in [1.807, 2.05) is 7.05 Å². The van der Waals surface area contributed by atoms with Crippen LogP contribution in [0.5, 0.6) is 0 Å². The van der Waals surface area contributed by atoms with Gasteiger partial charge in [-0.25, -0.2) is 0 Å². The van der Waals surface area contributed by atoms with Gasteiger partial charge in [-0.3, -0.25) is 0 Å². The molecule has 1 heteroatoms. The van der Waals surface area contributed by atoms with E-state index in [4.69, 9.17) is 0 Å². The quantitative estimate of drug-likeness (QED) is 0.621. The molecule has 0 bridgehead atoms. The van der Waals surface area contributed by atoms with Crippen molar-refractivity contribution >= 4 is 0 Å². The van der Waals surface area contributed by atoms with E-state index in [1.165, 1.54) is 37.8 Å². The normalized spacial score (nSPS) is 28.2. The van der Waals surface area contributed by atoms with Gasteiger partial charge in [0.25, 0.3) is 0 Å². The highest BCUT2D eigenvalue weighted by molar-refractivity contribution is 4.91. The molecule has 0 aromatic carbocycles. The number of allylic oxidation sites excluding steroid dienone is 1. The lowest BCUT2D eigenvalue weighted by Crippen LogP contribution is -2.33. The number of hydrogen-bond donors (Lipinski definition) is 1. The molecule has 70 valence electrons. The molecule has 12 heavy (non-hydrogen) atoms. The minimum absolute atomic E-state index is 0.953. The van der Waals surface area contributed by atoms with Crippen LogP contribution in [0.1, 0.15) is 32.6 Å². The summed E-state index contributed by atoms with van der Waals surface area (Å²) in [6.45, 7) is 7.28. The van der Waals surface area contributed by atoms with Crippen LogP contribution in [0.2, 0.25) is 0 Å². The summed E-state index contributed by atoms with van der Waals surface area (Å²) in [7, 11) is 2.05. The van der Waals surface area contributed by atoms with E-state index >= 15 is 0 Å². The van der Waals surface area contributed by atoms with Gasteiger partial charge in [0.1, 0.15) is 0 Å². The van der Waals surface area contributed by atoms with Crippen LogP contribution in [0.3, 0.4) is 0 Å². The topological polar surface area (TPSA) is 12.0 Å². The molecule has 2 unspecified atom stereocenters. The molecule has 1 rings (SSSR count). The molecular formula is C11H21N. The van der Waals surface area contributed by atoms with Crippen LogP contribution < -0.4 is 5.32 Å². The largest absolute Gasteiger partial charge is 0.319 e. The lowest BCUT2D eigenvalue weighted by molar-refractivity contribution is 0.163. The zero-order valence-corrected chi connectivity index (χ0v) is 8.40. The van der Waals surface area contributed by atoms with E-state index in [0.717, 1.165) is 11.8 Å². The maximum atomic E-state index is 3.94. The van der Waals surface area contributed by atoms with E-state index in [1.54, 1.807) is 0 Å². The van der Waals surface area contributed by atoms with Crippen molar-refractivity contribution in [1.29, 1.82) is 0 Å².